The predicted molar refractivity (Wildman–Crippen MR) is 76.3 cm³/mol. The minimum absolute atomic E-state index is 0.195. The van der Waals surface area contributed by atoms with E-state index in [0.29, 0.717) is 12.5 Å². The van der Waals surface area contributed by atoms with Crippen molar-refractivity contribution >= 4 is 5.69 Å². The summed E-state index contributed by atoms with van der Waals surface area (Å²) in [5.41, 5.74) is 7.01. The van der Waals surface area contributed by atoms with Gasteiger partial charge >= 0.3 is 0 Å². The van der Waals surface area contributed by atoms with Crippen molar-refractivity contribution in [3.05, 3.63) is 30.1 Å². The third-order valence-electron chi connectivity index (χ3n) is 3.02. The third kappa shape index (κ3) is 5.05. The van der Waals surface area contributed by atoms with Crippen LogP contribution in [0.2, 0.25) is 0 Å². The summed E-state index contributed by atoms with van der Waals surface area (Å²) in [5.74, 6) is 0.234. The van der Waals surface area contributed by atoms with Gasteiger partial charge in [0.2, 0.25) is 0 Å². The van der Waals surface area contributed by atoms with Gasteiger partial charge < -0.3 is 10.6 Å². The molecule has 0 heterocycles. The number of halogens is 1. The Kier molecular flexibility index (Phi) is 5.15. The smallest absolute Gasteiger partial charge is 0.125 e. The number of benzene rings is 1. The maximum atomic E-state index is 13.2. The van der Waals surface area contributed by atoms with E-state index in [1.54, 1.807) is 12.1 Å². The van der Waals surface area contributed by atoms with Gasteiger partial charge in [0.25, 0.3) is 0 Å². The molecule has 0 spiro atoms. The average Bonchev–Trinajstić information content (AvgIpc) is 2.26. The van der Waals surface area contributed by atoms with E-state index in [9.17, 15) is 4.39 Å². The number of rotatable bonds is 5. The van der Waals surface area contributed by atoms with Crippen LogP contribution < -0.4 is 10.6 Å². The van der Waals surface area contributed by atoms with Gasteiger partial charge in [-0.05, 0) is 42.5 Å². The zero-order valence-electron chi connectivity index (χ0n) is 11.9. The molecule has 0 saturated heterocycles. The fourth-order valence-corrected chi connectivity index (χ4v) is 2.29. The summed E-state index contributed by atoms with van der Waals surface area (Å²) in [4.78, 5) is 2.08. The summed E-state index contributed by atoms with van der Waals surface area (Å²) >= 11 is 0. The molecule has 1 rings (SSSR count). The van der Waals surface area contributed by atoms with Gasteiger partial charge in [-0.15, -0.1) is 0 Å². The van der Waals surface area contributed by atoms with E-state index in [1.165, 1.54) is 6.07 Å². The molecule has 0 saturated carbocycles. The topological polar surface area (TPSA) is 29.3 Å². The van der Waals surface area contributed by atoms with Gasteiger partial charge in [0.05, 0.1) is 0 Å². The lowest BCUT2D eigenvalue weighted by molar-refractivity contribution is 0.300. The minimum atomic E-state index is -0.195. The molecule has 0 fully saturated rings. The van der Waals surface area contributed by atoms with Crippen LogP contribution in [0.3, 0.4) is 0 Å². The molecular weight excluding hydrogens is 227 g/mol. The van der Waals surface area contributed by atoms with E-state index in [-0.39, 0.29) is 11.2 Å². The first-order valence-corrected chi connectivity index (χ1v) is 6.48. The normalized spacial score (nSPS) is 13.4. The number of nitrogens with zero attached hydrogens (tertiary/aromatic N) is 1. The van der Waals surface area contributed by atoms with Crippen LogP contribution in [0.1, 0.15) is 27.2 Å². The molecule has 0 bridgehead atoms. The van der Waals surface area contributed by atoms with Crippen LogP contribution >= 0.6 is 0 Å². The van der Waals surface area contributed by atoms with Crippen molar-refractivity contribution < 1.29 is 4.39 Å². The first kappa shape index (κ1) is 15.0. The van der Waals surface area contributed by atoms with Gasteiger partial charge in [0, 0.05) is 19.3 Å². The van der Waals surface area contributed by atoms with E-state index in [1.807, 2.05) is 13.1 Å². The van der Waals surface area contributed by atoms with Crippen LogP contribution in [0, 0.1) is 17.2 Å². The fraction of sp³-hybridized carbons (Fsp3) is 0.600. The zero-order valence-corrected chi connectivity index (χ0v) is 11.9. The maximum Gasteiger partial charge on any atom is 0.125 e. The molecule has 1 aromatic carbocycles. The Morgan fingerprint density at radius 1 is 1.33 bits per heavy atom. The molecule has 0 aliphatic rings. The molecule has 2 nitrogen and oxygen atoms in total. The van der Waals surface area contributed by atoms with Crippen molar-refractivity contribution in [2.24, 2.45) is 17.1 Å². The Morgan fingerprint density at radius 2 is 2.00 bits per heavy atom. The van der Waals surface area contributed by atoms with Crippen molar-refractivity contribution in [2.75, 3.05) is 25.0 Å². The molecule has 0 aliphatic heterocycles. The van der Waals surface area contributed by atoms with E-state index in [4.69, 9.17) is 5.73 Å². The highest BCUT2D eigenvalue weighted by atomic mass is 19.1. The average molecular weight is 252 g/mol. The Balaban J connectivity index is 2.65. The number of hydrogen-bond acceptors (Lipinski definition) is 2. The predicted octanol–water partition coefficient (Wildman–Crippen LogP) is 3.27. The first-order chi connectivity index (χ1) is 8.31. The molecule has 1 unspecified atom stereocenters. The number of hydrogen-bond donors (Lipinski definition) is 1. The van der Waals surface area contributed by atoms with Crippen molar-refractivity contribution in [3.63, 3.8) is 0 Å². The lowest BCUT2D eigenvalue weighted by atomic mass is 9.84. The molecule has 102 valence electrons. The Morgan fingerprint density at radius 3 is 2.50 bits per heavy atom. The molecule has 0 aliphatic carbocycles. The monoisotopic (exact) mass is 252 g/mol. The fourth-order valence-electron chi connectivity index (χ4n) is 2.29. The highest BCUT2D eigenvalue weighted by molar-refractivity contribution is 5.45. The Hall–Kier alpha value is -1.09. The van der Waals surface area contributed by atoms with Gasteiger partial charge in [0.15, 0.2) is 0 Å². The molecule has 1 atom stereocenters. The van der Waals surface area contributed by atoms with Crippen LogP contribution in [0.4, 0.5) is 10.1 Å². The summed E-state index contributed by atoms with van der Waals surface area (Å²) in [6.07, 6.45) is 1.07. The molecule has 0 aromatic heterocycles. The molecular formula is C15H25FN2. The SMILES string of the molecule is CN(CC(CN)CC(C)(C)C)c1cccc(F)c1. The van der Waals surface area contributed by atoms with E-state index in [0.717, 1.165) is 18.7 Å². The van der Waals surface area contributed by atoms with Crippen molar-refractivity contribution in [1.29, 1.82) is 0 Å². The van der Waals surface area contributed by atoms with Gasteiger partial charge in [0.1, 0.15) is 5.82 Å². The number of nitrogens with two attached hydrogens (primary N) is 1. The summed E-state index contributed by atoms with van der Waals surface area (Å²) < 4.78 is 13.2. The van der Waals surface area contributed by atoms with Gasteiger partial charge in [-0.1, -0.05) is 26.8 Å². The summed E-state index contributed by atoms with van der Waals surface area (Å²) in [6.45, 7) is 8.18. The van der Waals surface area contributed by atoms with Crippen LogP contribution in [0.25, 0.3) is 0 Å². The summed E-state index contributed by atoms with van der Waals surface area (Å²) in [7, 11) is 1.99. The third-order valence-corrected chi connectivity index (χ3v) is 3.02. The lowest BCUT2D eigenvalue weighted by Gasteiger charge is -2.29. The largest absolute Gasteiger partial charge is 0.374 e. The van der Waals surface area contributed by atoms with Crippen LogP contribution in [-0.2, 0) is 0 Å². The Labute approximate surface area is 110 Å². The standard InChI is InChI=1S/C15H25FN2/c1-15(2,3)9-12(10-17)11-18(4)14-7-5-6-13(16)8-14/h5-8,12H,9-11,17H2,1-4H3. The van der Waals surface area contributed by atoms with E-state index < -0.39 is 0 Å². The van der Waals surface area contributed by atoms with Gasteiger partial charge in [-0.2, -0.15) is 0 Å². The summed E-state index contributed by atoms with van der Waals surface area (Å²) in [5, 5.41) is 0. The van der Waals surface area contributed by atoms with Gasteiger partial charge in [-0.3, -0.25) is 0 Å². The highest BCUT2D eigenvalue weighted by Gasteiger charge is 2.19. The molecule has 18 heavy (non-hydrogen) atoms. The van der Waals surface area contributed by atoms with Crippen molar-refractivity contribution in [3.8, 4) is 0 Å². The van der Waals surface area contributed by atoms with Crippen molar-refractivity contribution in [2.45, 2.75) is 27.2 Å². The van der Waals surface area contributed by atoms with Crippen molar-refractivity contribution in [1.82, 2.24) is 0 Å². The molecule has 3 heteroatoms. The van der Waals surface area contributed by atoms with Gasteiger partial charge in [-0.25, -0.2) is 4.39 Å². The molecule has 2 N–H and O–H groups in total. The maximum absolute atomic E-state index is 13.2. The molecule has 1 aromatic rings. The summed E-state index contributed by atoms with van der Waals surface area (Å²) in [6, 6.07) is 6.69. The molecule has 0 amide bonds. The zero-order chi connectivity index (χ0) is 13.8. The second-order valence-corrected chi connectivity index (χ2v) is 6.23. The van der Waals surface area contributed by atoms with E-state index >= 15 is 0 Å². The lowest BCUT2D eigenvalue weighted by Crippen LogP contribution is -2.32. The van der Waals surface area contributed by atoms with Crippen LogP contribution in [0.15, 0.2) is 24.3 Å². The van der Waals surface area contributed by atoms with E-state index in [2.05, 4.69) is 25.7 Å². The second-order valence-electron chi connectivity index (χ2n) is 6.23. The first-order valence-electron chi connectivity index (χ1n) is 6.48. The van der Waals surface area contributed by atoms with Crippen LogP contribution in [-0.4, -0.2) is 20.1 Å². The Bertz CT molecular complexity index is 371. The second kappa shape index (κ2) is 6.19. The number of anilines is 1. The highest BCUT2D eigenvalue weighted by Crippen LogP contribution is 2.25. The molecule has 0 radical (unpaired) electrons. The minimum Gasteiger partial charge on any atom is -0.374 e. The van der Waals surface area contributed by atoms with Crippen LogP contribution in [0.5, 0.6) is 0 Å². The quantitative estimate of drug-likeness (QED) is 0.871.